The van der Waals surface area contributed by atoms with Crippen molar-refractivity contribution in [3.63, 3.8) is 0 Å². The number of hydrogen-bond donors (Lipinski definition) is 1. The number of β-amino-alcohol motifs (C(OH)–C–C–N with tert-alkyl or cyclic N) is 1. The van der Waals surface area contributed by atoms with E-state index in [1.165, 1.54) is 11.0 Å². The van der Waals surface area contributed by atoms with Gasteiger partial charge in [-0.25, -0.2) is 0 Å². The van der Waals surface area contributed by atoms with Crippen LogP contribution in [0.2, 0.25) is 0 Å². The summed E-state index contributed by atoms with van der Waals surface area (Å²) < 4.78 is 36.9. The van der Waals surface area contributed by atoms with Crippen molar-refractivity contribution >= 4 is 0 Å². The molecule has 0 aromatic rings. The fourth-order valence-corrected chi connectivity index (χ4v) is 2.21. The van der Waals surface area contributed by atoms with Crippen LogP contribution in [0.25, 0.3) is 0 Å². The lowest BCUT2D eigenvalue weighted by molar-refractivity contribution is -0.180. The molecule has 0 spiro atoms. The number of hydrogen-bond acceptors (Lipinski definition) is 3. The summed E-state index contributed by atoms with van der Waals surface area (Å²) in [5.74, 6) is -1.69. The molecule has 1 saturated heterocycles. The summed E-state index contributed by atoms with van der Waals surface area (Å²) in [4.78, 5) is 1.50. The lowest BCUT2D eigenvalue weighted by Gasteiger charge is -2.47. The predicted molar refractivity (Wildman–Crippen MR) is 49.3 cm³/mol. The van der Waals surface area contributed by atoms with Gasteiger partial charge in [-0.3, -0.25) is 4.90 Å². The Kier molecular flexibility index (Phi) is 2.63. The Morgan fingerprint density at radius 2 is 2.00 bits per heavy atom. The summed E-state index contributed by atoms with van der Waals surface area (Å²) in [6, 6.07) is 1.27. The Labute approximate surface area is 91.5 Å². The van der Waals surface area contributed by atoms with E-state index in [1.807, 2.05) is 0 Å². The topological polar surface area (TPSA) is 47.3 Å². The van der Waals surface area contributed by atoms with Gasteiger partial charge in [-0.1, -0.05) is 0 Å². The van der Waals surface area contributed by atoms with Gasteiger partial charge in [0.25, 0.3) is 0 Å². The van der Waals surface area contributed by atoms with Gasteiger partial charge < -0.3 is 5.11 Å². The van der Waals surface area contributed by atoms with Crippen LogP contribution in [0, 0.1) is 23.2 Å². The standard InChI is InChI=1S/C10H13F3N2O/c11-10(12,13)8(3-14)4-15-5-9(16,6-15)7-1-2-7/h7-8,16H,1-2,4-6H2. The van der Waals surface area contributed by atoms with E-state index in [0.717, 1.165) is 12.8 Å². The Balaban J connectivity index is 1.82. The van der Waals surface area contributed by atoms with Gasteiger partial charge in [0.2, 0.25) is 0 Å². The van der Waals surface area contributed by atoms with Crippen molar-refractivity contribution in [3.8, 4) is 6.07 Å². The van der Waals surface area contributed by atoms with Crippen LogP contribution >= 0.6 is 0 Å². The molecule has 0 aromatic carbocycles. The van der Waals surface area contributed by atoms with E-state index < -0.39 is 17.7 Å². The van der Waals surface area contributed by atoms with Crippen LogP contribution in [0.5, 0.6) is 0 Å². The molecule has 0 bridgehead atoms. The molecule has 6 heteroatoms. The van der Waals surface area contributed by atoms with Crippen molar-refractivity contribution in [2.45, 2.75) is 24.6 Å². The molecule has 1 atom stereocenters. The maximum Gasteiger partial charge on any atom is 0.405 e. The smallest absolute Gasteiger partial charge is 0.387 e. The van der Waals surface area contributed by atoms with Crippen LogP contribution < -0.4 is 0 Å². The maximum atomic E-state index is 12.3. The predicted octanol–water partition coefficient (Wildman–Crippen LogP) is 1.15. The number of rotatable bonds is 3. The first-order valence-corrected chi connectivity index (χ1v) is 5.26. The summed E-state index contributed by atoms with van der Waals surface area (Å²) in [7, 11) is 0. The van der Waals surface area contributed by atoms with Crippen molar-refractivity contribution in [1.82, 2.24) is 4.90 Å². The first kappa shape index (κ1) is 11.7. The highest BCUT2D eigenvalue weighted by molar-refractivity contribution is 5.06. The Hall–Kier alpha value is -0.800. The molecule has 1 heterocycles. The Morgan fingerprint density at radius 3 is 2.38 bits per heavy atom. The highest BCUT2D eigenvalue weighted by Crippen LogP contribution is 2.45. The van der Waals surface area contributed by atoms with E-state index in [1.54, 1.807) is 0 Å². The van der Waals surface area contributed by atoms with Crippen molar-refractivity contribution in [3.05, 3.63) is 0 Å². The first-order valence-electron chi connectivity index (χ1n) is 5.26. The summed E-state index contributed by atoms with van der Waals surface area (Å²) in [6.07, 6.45) is -2.54. The van der Waals surface area contributed by atoms with Crippen molar-refractivity contribution < 1.29 is 18.3 Å². The monoisotopic (exact) mass is 234 g/mol. The van der Waals surface area contributed by atoms with Gasteiger partial charge in [0.1, 0.15) is 0 Å². The van der Waals surface area contributed by atoms with Crippen molar-refractivity contribution in [2.75, 3.05) is 19.6 Å². The second-order valence-electron chi connectivity index (χ2n) is 4.77. The molecule has 3 nitrogen and oxygen atoms in total. The lowest BCUT2D eigenvalue weighted by Crippen LogP contribution is -2.64. The molecular formula is C10H13F3N2O. The summed E-state index contributed by atoms with van der Waals surface area (Å²) in [5, 5.41) is 18.3. The fourth-order valence-electron chi connectivity index (χ4n) is 2.21. The molecule has 1 saturated carbocycles. The molecule has 1 unspecified atom stereocenters. The van der Waals surface area contributed by atoms with Gasteiger partial charge >= 0.3 is 6.18 Å². The average Bonchev–Trinajstić information content (AvgIpc) is 2.90. The maximum absolute atomic E-state index is 12.3. The fraction of sp³-hybridized carbons (Fsp3) is 0.900. The van der Waals surface area contributed by atoms with Crippen molar-refractivity contribution in [1.29, 1.82) is 5.26 Å². The van der Waals surface area contributed by atoms with Gasteiger partial charge in [-0.2, -0.15) is 18.4 Å². The van der Waals surface area contributed by atoms with Crippen LogP contribution in [-0.4, -0.2) is 41.4 Å². The highest BCUT2D eigenvalue weighted by atomic mass is 19.4. The molecule has 1 aliphatic heterocycles. The molecule has 1 N–H and O–H groups in total. The quantitative estimate of drug-likeness (QED) is 0.796. The van der Waals surface area contributed by atoms with Crippen LogP contribution in [0.1, 0.15) is 12.8 Å². The van der Waals surface area contributed by atoms with Crippen LogP contribution in [0.4, 0.5) is 13.2 Å². The van der Waals surface area contributed by atoms with E-state index in [-0.39, 0.29) is 25.6 Å². The number of aliphatic hydroxyl groups is 1. The third-order valence-electron chi connectivity index (χ3n) is 3.32. The van der Waals surface area contributed by atoms with Crippen LogP contribution in [0.3, 0.4) is 0 Å². The minimum Gasteiger partial charge on any atom is -0.387 e. The van der Waals surface area contributed by atoms with Crippen LogP contribution in [-0.2, 0) is 0 Å². The Bertz CT molecular complexity index is 313. The molecule has 1 aliphatic carbocycles. The van der Waals surface area contributed by atoms with E-state index in [9.17, 15) is 18.3 Å². The zero-order valence-corrected chi connectivity index (χ0v) is 8.67. The largest absolute Gasteiger partial charge is 0.405 e. The molecule has 2 rings (SSSR count). The average molecular weight is 234 g/mol. The molecule has 2 aliphatic rings. The summed E-state index contributed by atoms with van der Waals surface area (Å²) in [5.41, 5.74) is -0.786. The Morgan fingerprint density at radius 1 is 1.44 bits per heavy atom. The van der Waals surface area contributed by atoms with Gasteiger partial charge in [-0.05, 0) is 18.8 Å². The van der Waals surface area contributed by atoms with Gasteiger partial charge in [-0.15, -0.1) is 0 Å². The molecule has 16 heavy (non-hydrogen) atoms. The van der Waals surface area contributed by atoms with Crippen molar-refractivity contribution in [2.24, 2.45) is 11.8 Å². The van der Waals surface area contributed by atoms with Crippen LogP contribution in [0.15, 0.2) is 0 Å². The summed E-state index contributed by atoms with van der Waals surface area (Å²) in [6.45, 7) is 0.215. The molecule has 0 aromatic heterocycles. The molecular weight excluding hydrogens is 221 g/mol. The van der Waals surface area contributed by atoms with E-state index in [2.05, 4.69) is 0 Å². The van der Waals surface area contributed by atoms with Gasteiger partial charge in [0, 0.05) is 19.6 Å². The normalized spacial score (nSPS) is 26.9. The summed E-state index contributed by atoms with van der Waals surface area (Å²) >= 11 is 0. The first-order chi connectivity index (χ1) is 7.35. The molecule has 2 fully saturated rings. The number of nitriles is 1. The molecule has 90 valence electrons. The third kappa shape index (κ3) is 2.15. The molecule has 0 amide bonds. The second kappa shape index (κ2) is 3.60. The van der Waals surface area contributed by atoms with E-state index in [4.69, 9.17) is 5.26 Å². The van der Waals surface area contributed by atoms with E-state index >= 15 is 0 Å². The molecule has 0 radical (unpaired) electrons. The number of alkyl halides is 3. The number of halogens is 3. The lowest BCUT2D eigenvalue weighted by atomic mass is 9.88. The zero-order valence-electron chi connectivity index (χ0n) is 8.67. The number of likely N-dealkylation sites (tertiary alicyclic amines) is 1. The van der Waals surface area contributed by atoms with E-state index in [0.29, 0.717) is 0 Å². The minimum atomic E-state index is -4.47. The third-order valence-corrected chi connectivity index (χ3v) is 3.32. The van der Waals surface area contributed by atoms with Gasteiger partial charge in [0.05, 0.1) is 11.7 Å². The van der Waals surface area contributed by atoms with Gasteiger partial charge in [0.15, 0.2) is 5.92 Å². The highest BCUT2D eigenvalue weighted by Gasteiger charge is 2.53. The zero-order chi connectivity index (χ0) is 12.0. The SMILES string of the molecule is N#CC(CN1CC(O)(C2CC2)C1)C(F)(F)F. The second-order valence-corrected chi connectivity index (χ2v) is 4.77. The minimum absolute atomic E-state index is 0.259. The number of nitrogens with zero attached hydrogens (tertiary/aromatic N) is 2.